The highest BCUT2D eigenvalue weighted by molar-refractivity contribution is 7.21. The third kappa shape index (κ3) is 2.04. The van der Waals surface area contributed by atoms with Crippen LogP contribution in [0.15, 0.2) is 42.5 Å². The molecule has 3 aromatic rings. The van der Waals surface area contributed by atoms with Crippen LogP contribution in [0.2, 0.25) is 10.0 Å². The molecule has 0 unspecified atom stereocenters. The quantitative estimate of drug-likeness (QED) is 0.591. The number of thiazole rings is 1. The average Bonchev–Trinajstić information content (AvgIpc) is 2.72. The van der Waals surface area contributed by atoms with Gasteiger partial charge in [-0.25, -0.2) is 4.98 Å². The largest absolute Gasteiger partial charge is 0.236 e. The van der Waals surface area contributed by atoms with E-state index in [0.717, 1.165) is 20.8 Å². The summed E-state index contributed by atoms with van der Waals surface area (Å²) < 4.78 is 1.16. The summed E-state index contributed by atoms with van der Waals surface area (Å²) in [5, 5.41) is 2.20. The number of para-hydroxylation sites is 1. The Bertz CT molecular complexity index is 658. The summed E-state index contributed by atoms with van der Waals surface area (Å²) in [6.07, 6.45) is 0. The van der Waals surface area contributed by atoms with Crippen LogP contribution in [-0.2, 0) is 0 Å². The van der Waals surface area contributed by atoms with Gasteiger partial charge in [0.15, 0.2) is 0 Å². The van der Waals surface area contributed by atoms with E-state index in [1.165, 1.54) is 0 Å². The van der Waals surface area contributed by atoms with E-state index in [0.29, 0.717) is 10.0 Å². The van der Waals surface area contributed by atoms with Gasteiger partial charge in [0.05, 0.1) is 15.2 Å². The maximum atomic E-state index is 6.17. The number of aromatic nitrogens is 1. The number of hydrogen-bond donors (Lipinski definition) is 0. The van der Waals surface area contributed by atoms with Gasteiger partial charge in [-0.2, -0.15) is 0 Å². The Hall–Kier alpha value is -1.09. The van der Waals surface area contributed by atoms with Crippen LogP contribution in [0.5, 0.6) is 0 Å². The van der Waals surface area contributed by atoms with Gasteiger partial charge < -0.3 is 0 Å². The van der Waals surface area contributed by atoms with Gasteiger partial charge in [-0.3, -0.25) is 0 Å². The van der Waals surface area contributed by atoms with E-state index in [1.54, 1.807) is 17.4 Å². The molecule has 0 atom stereocenters. The highest BCUT2D eigenvalue weighted by atomic mass is 35.5. The first-order valence-electron chi connectivity index (χ1n) is 5.05. The topological polar surface area (TPSA) is 12.9 Å². The Morgan fingerprint density at radius 3 is 2.59 bits per heavy atom. The molecule has 84 valence electrons. The van der Waals surface area contributed by atoms with E-state index in [9.17, 15) is 0 Å². The summed E-state index contributed by atoms with van der Waals surface area (Å²) in [6.45, 7) is 0. The zero-order valence-electron chi connectivity index (χ0n) is 8.65. The fraction of sp³-hybridized carbons (Fsp3) is 0. The van der Waals surface area contributed by atoms with E-state index in [4.69, 9.17) is 23.2 Å². The molecule has 0 amide bonds. The Kier molecular flexibility index (Phi) is 2.79. The average molecular weight is 280 g/mol. The molecule has 0 saturated carbocycles. The normalized spacial score (nSPS) is 10.9. The monoisotopic (exact) mass is 279 g/mol. The van der Waals surface area contributed by atoms with Crippen molar-refractivity contribution in [3.63, 3.8) is 0 Å². The molecule has 1 aromatic heterocycles. The summed E-state index contributed by atoms with van der Waals surface area (Å²) in [7, 11) is 0. The van der Waals surface area contributed by atoms with E-state index in [1.807, 2.05) is 30.3 Å². The van der Waals surface area contributed by atoms with Gasteiger partial charge in [0, 0.05) is 10.6 Å². The van der Waals surface area contributed by atoms with Gasteiger partial charge in [0.2, 0.25) is 0 Å². The summed E-state index contributed by atoms with van der Waals surface area (Å²) >= 11 is 13.7. The van der Waals surface area contributed by atoms with Crippen molar-refractivity contribution in [2.24, 2.45) is 0 Å². The predicted octanol–water partition coefficient (Wildman–Crippen LogP) is 5.27. The Morgan fingerprint density at radius 1 is 1.00 bits per heavy atom. The van der Waals surface area contributed by atoms with Gasteiger partial charge >= 0.3 is 0 Å². The number of benzene rings is 2. The van der Waals surface area contributed by atoms with E-state index in [2.05, 4.69) is 11.1 Å². The van der Waals surface area contributed by atoms with E-state index in [-0.39, 0.29) is 0 Å². The second kappa shape index (κ2) is 4.30. The lowest BCUT2D eigenvalue weighted by molar-refractivity contribution is 1.48. The molecule has 3 rings (SSSR count). The molecular weight excluding hydrogens is 273 g/mol. The molecule has 0 saturated heterocycles. The molecular formula is C13H7Cl2NS. The van der Waals surface area contributed by atoms with Crippen molar-refractivity contribution in [3.8, 4) is 10.6 Å². The predicted molar refractivity (Wildman–Crippen MR) is 75.1 cm³/mol. The van der Waals surface area contributed by atoms with Crippen molar-refractivity contribution in [1.29, 1.82) is 0 Å². The maximum absolute atomic E-state index is 6.17. The molecule has 1 heterocycles. The SMILES string of the molecule is Clc1ccc(-c2nc3ccccc3s2)c(Cl)c1. The first-order valence-corrected chi connectivity index (χ1v) is 6.62. The van der Waals surface area contributed by atoms with Crippen molar-refractivity contribution < 1.29 is 0 Å². The zero-order valence-corrected chi connectivity index (χ0v) is 11.0. The van der Waals surface area contributed by atoms with Crippen LogP contribution >= 0.6 is 34.5 Å². The Balaban J connectivity index is 2.20. The molecule has 0 radical (unpaired) electrons. The van der Waals surface area contributed by atoms with E-state index >= 15 is 0 Å². The molecule has 4 heteroatoms. The number of fused-ring (bicyclic) bond motifs is 1. The summed E-state index contributed by atoms with van der Waals surface area (Å²) in [6, 6.07) is 13.5. The van der Waals surface area contributed by atoms with Gasteiger partial charge in [-0.05, 0) is 30.3 Å². The van der Waals surface area contributed by atoms with Crippen molar-refractivity contribution in [1.82, 2.24) is 4.98 Å². The van der Waals surface area contributed by atoms with Crippen molar-refractivity contribution >= 4 is 44.8 Å². The summed E-state index contributed by atoms with van der Waals surface area (Å²) in [5.74, 6) is 0. The molecule has 0 spiro atoms. The smallest absolute Gasteiger partial charge is 0.126 e. The van der Waals surface area contributed by atoms with Crippen LogP contribution in [0.3, 0.4) is 0 Å². The van der Waals surface area contributed by atoms with Crippen LogP contribution in [0.4, 0.5) is 0 Å². The standard InChI is InChI=1S/C13H7Cl2NS/c14-8-5-6-9(10(15)7-8)13-16-11-3-1-2-4-12(11)17-13/h1-7H. The molecule has 0 aliphatic rings. The van der Waals surface area contributed by atoms with Gasteiger partial charge in [0.1, 0.15) is 5.01 Å². The third-order valence-electron chi connectivity index (χ3n) is 2.46. The second-order valence-electron chi connectivity index (χ2n) is 3.61. The second-order valence-corrected chi connectivity index (χ2v) is 5.49. The third-order valence-corrected chi connectivity index (χ3v) is 4.07. The van der Waals surface area contributed by atoms with E-state index < -0.39 is 0 Å². The minimum atomic E-state index is 0.636. The first-order chi connectivity index (χ1) is 8.24. The lowest BCUT2D eigenvalue weighted by atomic mass is 10.2. The fourth-order valence-corrected chi connectivity index (χ4v) is 3.21. The van der Waals surface area contributed by atoms with Crippen molar-refractivity contribution in [3.05, 3.63) is 52.5 Å². The molecule has 0 fully saturated rings. The molecule has 2 aromatic carbocycles. The fourth-order valence-electron chi connectivity index (χ4n) is 1.65. The van der Waals surface area contributed by atoms with Crippen molar-refractivity contribution in [2.75, 3.05) is 0 Å². The highest BCUT2D eigenvalue weighted by Crippen LogP contribution is 2.35. The minimum Gasteiger partial charge on any atom is -0.236 e. The Labute approximate surface area is 113 Å². The lowest BCUT2D eigenvalue weighted by Gasteiger charge is -1.99. The van der Waals surface area contributed by atoms with Gasteiger partial charge in [-0.1, -0.05) is 35.3 Å². The number of nitrogens with zero attached hydrogens (tertiary/aromatic N) is 1. The molecule has 1 nitrogen and oxygen atoms in total. The Morgan fingerprint density at radius 2 is 1.82 bits per heavy atom. The molecule has 0 bridgehead atoms. The molecule has 0 aliphatic heterocycles. The van der Waals surface area contributed by atoms with Gasteiger partial charge in [-0.15, -0.1) is 11.3 Å². The maximum Gasteiger partial charge on any atom is 0.126 e. The summed E-state index contributed by atoms with van der Waals surface area (Å²) in [4.78, 5) is 4.56. The van der Waals surface area contributed by atoms with Crippen LogP contribution in [0.1, 0.15) is 0 Å². The minimum absolute atomic E-state index is 0.636. The summed E-state index contributed by atoms with van der Waals surface area (Å²) in [5.41, 5.74) is 1.93. The number of hydrogen-bond acceptors (Lipinski definition) is 2. The highest BCUT2D eigenvalue weighted by Gasteiger charge is 2.09. The van der Waals surface area contributed by atoms with Crippen LogP contribution < -0.4 is 0 Å². The lowest BCUT2D eigenvalue weighted by Crippen LogP contribution is -1.77. The molecule has 0 N–H and O–H groups in total. The number of halogens is 2. The van der Waals surface area contributed by atoms with Crippen molar-refractivity contribution in [2.45, 2.75) is 0 Å². The van der Waals surface area contributed by atoms with Crippen LogP contribution in [-0.4, -0.2) is 4.98 Å². The number of rotatable bonds is 1. The zero-order chi connectivity index (χ0) is 11.8. The van der Waals surface area contributed by atoms with Gasteiger partial charge in [0.25, 0.3) is 0 Å². The van der Waals surface area contributed by atoms with Crippen LogP contribution in [0.25, 0.3) is 20.8 Å². The first kappa shape index (κ1) is 11.0. The molecule has 0 aliphatic carbocycles. The van der Waals surface area contributed by atoms with Crippen LogP contribution in [0, 0.1) is 0 Å². The molecule has 17 heavy (non-hydrogen) atoms.